The molecule has 33 heavy (non-hydrogen) atoms. The molecule has 0 unspecified atom stereocenters. The molecule has 0 bridgehead atoms. The smallest absolute Gasteiger partial charge is 0.254 e. The average molecular weight is 471 g/mol. The van der Waals surface area contributed by atoms with Gasteiger partial charge in [0, 0.05) is 23.1 Å². The number of benzene rings is 2. The first-order valence-electron chi connectivity index (χ1n) is 10.7. The van der Waals surface area contributed by atoms with Gasteiger partial charge < -0.3 is 10.2 Å². The minimum absolute atomic E-state index is 0.188. The molecule has 1 aromatic heterocycles. The van der Waals surface area contributed by atoms with E-state index in [1.54, 1.807) is 30.7 Å². The summed E-state index contributed by atoms with van der Waals surface area (Å²) in [4.78, 5) is 27.3. The minimum Gasteiger partial charge on any atom is -0.327 e. The lowest BCUT2D eigenvalue weighted by Crippen LogP contribution is -2.42. The summed E-state index contributed by atoms with van der Waals surface area (Å²) in [6, 6.07) is 14.2. The van der Waals surface area contributed by atoms with Crippen molar-refractivity contribution in [2.75, 3.05) is 11.9 Å². The molecule has 3 rings (SSSR count). The van der Waals surface area contributed by atoms with E-state index in [1.165, 1.54) is 23.1 Å². The molecule has 1 N–H and O–H groups in total. The molecule has 0 saturated carbocycles. The number of para-hydroxylation sites is 1. The van der Waals surface area contributed by atoms with Crippen LogP contribution >= 0.6 is 11.6 Å². The van der Waals surface area contributed by atoms with E-state index < -0.39 is 17.6 Å². The van der Waals surface area contributed by atoms with E-state index in [1.807, 2.05) is 39.0 Å². The van der Waals surface area contributed by atoms with Crippen molar-refractivity contribution in [3.63, 3.8) is 0 Å². The highest BCUT2D eigenvalue weighted by Gasteiger charge is 2.25. The maximum atomic E-state index is 13.6. The van der Waals surface area contributed by atoms with Crippen molar-refractivity contribution in [1.29, 1.82) is 0 Å². The summed E-state index contributed by atoms with van der Waals surface area (Å²) in [5.74, 6) is -0.885. The van der Waals surface area contributed by atoms with Gasteiger partial charge in [0.25, 0.3) is 5.91 Å². The highest BCUT2D eigenvalue weighted by molar-refractivity contribution is 6.32. The summed E-state index contributed by atoms with van der Waals surface area (Å²) in [7, 11) is 0. The maximum Gasteiger partial charge on any atom is 0.254 e. The molecule has 0 spiro atoms. The van der Waals surface area contributed by atoms with E-state index in [2.05, 4.69) is 10.4 Å². The highest BCUT2D eigenvalue weighted by atomic mass is 35.5. The lowest BCUT2D eigenvalue weighted by Gasteiger charge is -2.26. The maximum absolute atomic E-state index is 13.6. The van der Waals surface area contributed by atoms with Crippen LogP contribution in [0.25, 0.3) is 5.69 Å². The molecule has 0 radical (unpaired) electrons. The van der Waals surface area contributed by atoms with Crippen molar-refractivity contribution >= 4 is 29.2 Å². The van der Waals surface area contributed by atoms with Gasteiger partial charge in [0.05, 0.1) is 16.4 Å². The second-order valence-corrected chi connectivity index (χ2v) is 9.52. The number of carbonyl (C=O) groups is 2. The third-order valence-electron chi connectivity index (χ3n) is 5.10. The molecule has 2 aromatic carbocycles. The summed E-state index contributed by atoms with van der Waals surface area (Å²) in [5.41, 5.74) is 1.33. The van der Waals surface area contributed by atoms with Crippen molar-refractivity contribution in [2.45, 2.75) is 46.1 Å². The summed E-state index contributed by atoms with van der Waals surface area (Å²) < 4.78 is 15.2. The molecule has 0 aliphatic rings. The Bertz CT molecular complexity index is 1170. The van der Waals surface area contributed by atoms with Gasteiger partial charge in [-0.1, -0.05) is 50.6 Å². The van der Waals surface area contributed by atoms with E-state index in [0.717, 1.165) is 11.8 Å². The van der Waals surface area contributed by atoms with Gasteiger partial charge in [0.15, 0.2) is 0 Å². The van der Waals surface area contributed by atoms with Crippen LogP contribution in [0.1, 0.15) is 50.7 Å². The number of hydrogen-bond donors (Lipinski definition) is 1. The molecule has 0 fully saturated rings. The van der Waals surface area contributed by atoms with E-state index in [9.17, 15) is 14.0 Å². The number of amides is 2. The van der Waals surface area contributed by atoms with Crippen LogP contribution in [-0.2, 0) is 10.2 Å². The number of hydrogen-bond acceptors (Lipinski definition) is 3. The fourth-order valence-electron chi connectivity index (χ4n) is 3.26. The molecule has 3 aromatic rings. The average Bonchev–Trinajstić information content (AvgIpc) is 3.15. The molecular weight excluding hydrogens is 443 g/mol. The Morgan fingerprint density at radius 3 is 2.42 bits per heavy atom. The summed E-state index contributed by atoms with van der Waals surface area (Å²) in [6.07, 6.45) is 0. The molecule has 8 heteroatoms. The largest absolute Gasteiger partial charge is 0.327 e. The van der Waals surface area contributed by atoms with Gasteiger partial charge in [-0.15, -0.1) is 0 Å². The van der Waals surface area contributed by atoms with E-state index >= 15 is 0 Å². The van der Waals surface area contributed by atoms with Gasteiger partial charge in [-0.3, -0.25) is 9.59 Å². The van der Waals surface area contributed by atoms with E-state index in [0.29, 0.717) is 16.5 Å². The minimum atomic E-state index is -0.507. The highest BCUT2D eigenvalue weighted by Crippen LogP contribution is 2.29. The first kappa shape index (κ1) is 24.5. The molecule has 174 valence electrons. The van der Waals surface area contributed by atoms with Gasteiger partial charge in [-0.05, 0) is 44.2 Å². The summed E-state index contributed by atoms with van der Waals surface area (Å²) >= 11 is 6.38. The lowest BCUT2D eigenvalue weighted by molar-refractivity contribution is -0.117. The third kappa shape index (κ3) is 5.79. The Morgan fingerprint density at radius 1 is 1.12 bits per heavy atom. The Morgan fingerprint density at radius 2 is 1.82 bits per heavy atom. The topological polar surface area (TPSA) is 67.2 Å². The number of anilines is 1. The summed E-state index contributed by atoms with van der Waals surface area (Å²) in [5, 5.41) is 8.02. The molecule has 0 saturated heterocycles. The zero-order chi connectivity index (χ0) is 24.3. The quantitative estimate of drug-likeness (QED) is 0.520. The second kappa shape index (κ2) is 9.75. The van der Waals surface area contributed by atoms with Crippen molar-refractivity contribution in [3.8, 4) is 5.69 Å². The Balaban J connectivity index is 1.89. The van der Waals surface area contributed by atoms with Gasteiger partial charge in [0.1, 0.15) is 18.2 Å². The van der Waals surface area contributed by atoms with E-state index in [-0.39, 0.29) is 23.6 Å². The molecule has 6 nitrogen and oxygen atoms in total. The van der Waals surface area contributed by atoms with Crippen LogP contribution in [0.3, 0.4) is 0 Å². The molecule has 0 atom stereocenters. The monoisotopic (exact) mass is 470 g/mol. The van der Waals surface area contributed by atoms with Crippen LogP contribution in [0.5, 0.6) is 0 Å². The predicted octanol–water partition coefficient (Wildman–Crippen LogP) is 5.45. The fourth-order valence-corrected chi connectivity index (χ4v) is 3.47. The number of aromatic nitrogens is 2. The third-order valence-corrected chi connectivity index (χ3v) is 5.42. The van der Waals surface area contributed by atoms with Crippen molar-refractivity contribution in [1.82, 2.24) is 14.7 Å². The standard InChI is InChI=1S/C25H28ClFN4O2/c1-16(2)30(24(33)17-9-8-10-18(27)13-17)15-23(32)28-22-14-21(25(3,4)5)29-31(22)20-12-7-6-11-19(20)26/h6-14,16H,15H2,1-5H3,(H,28,32). The fraction of sp³-hybridized carbons (Fsp3) is 0.320. The predicted molar refractivity (Wildman–Crippen MR) is 128 cm³/mol. The van der Waals surface area contributed by atoms with Crippen molar-refractivity contribution in [2.24, 2.45) is 0 Å². The first-order chi connectivity index (χ1) is 15.5. The number of carbonyl (C=O) groups excluding carboxylic acids is 2. The summed E-state index contributed by atoms with van der Waals surface area (Å²) in [6.45, 7) is 9.47. The lowest BCUT2D eigenvalue weighted by atomic mass is 9.92. The zero-order valence-corrected chi connectivity index (χ0v) is 20.2. The van der Waals surface area contributed by atoms with Crippen LogP contribution in [0.15, 0.2) is 54.6 Å². The molecule has 2 amide bonds. The number of nitrogens with zero attached hydrogens (tertiary/aromatic N) is 3. The van der Waals surface area contributed by atoms with Gasteiger partial charge >= 0.3 is 0 Å². The number of rotatable bonds is 6. The van der Waals surface area contributed by atoms with Gasteiger partial charge in [-0.2, -0.15) is 5.10 Å². The zero-order valence-electron chi connectivity index (χ0n) is 19.4. The SMILES string of the molecule is CC(C)N(CC(=O)Nc1cc(C(C)(C)C)nn1-c1ccccc1Cl)C(=O)c1cccc(F)c1. The normalized spacial score (nSPS) is 11.5. The van der Waals surface area contributed by atoms with Gasteiger partial charge in [0.2, 0.25) is 5.91 Å². The number of nitrogens with one attached hydrogen (secondary N) is 1. The Hall–Kier alpha value is -3.19. The van der Waals surface area contributed by atoms with E-state index in [4.69, 9.17) is 11.6 Å². The van der Waals surface area contributed by atoms with Crippen LogP contribution in [0.2, 0.25) is 5.02 Å². The Labute approximate surface area is 198 Å². The van der Waals surface area contributed by atoms with Crippen LogP contribution in [0, 0.1) is 5.82 Å². The molecular formula is C25H28ClFN4O2. The Kier molecular flexibility index (Phi) is 7.22. The number of halogens is 2. The van der Waals surface area contributed by atoms with Crippen LogP contribution in [0.4, 0.5) is 10.2 Å². The van der Waals surface area contributed by atoms with Crippen molar-refractivity contribution in [3.05, 3.63) is 76.7 Å². The van der Waals surface area contributed by atoms with Crippen molar-refractivity contribution < 1.29 is 14.0 Å². The molecule has 0 aliphatic heterocycles. The molecule has 0 aliphatic carbocycles. The molecule has 1 heterocycles. The first-order valence-corrected chi connectivity index (χ1v) is 11.1. The second-order valence-electron chi connectivity index (χ2n) is 9.11. The van der Waals surface area contributed by atoms with Gasteiger partial charge in [-0.25, -0.2) is 9.07 Å². The van der Waals surface area contributed by atoms with Crippen LogP contribution in [-0.4, -0.2) is 39.1 Å². The van der Waals surface area contributed by atoms with Crippen LogP contribution < -0.4 is 5.32 Å².